The molecule has 1 aromatic carbocycles. The van der Waals surface area contributed by atoms with Gasteiger partial charge in [0.05, 0.1) is 16.5 Å². The van der Waals surface area contributed by atoms with Crippen molar-refractivity contribution in [2.24, 2.45) is 0 Å². The first-order valence-corrected chi connectivity index (χ1v) is 7.38. The first kappa shape index (κ1) is 12.5. The number of benzene rings is 1. The van der Waals surface area contributed by atoms with Gasteiger partial charge >= 0.3 is 0 Å². The van der Waals surface area contributed by atoms with Gasteiger partial charge in [0.25, 0.3) is 9.05 Å². The molecule has 0 saturated heterocycles. The fourth-order valence-electron chi connectivity index (χ4n) is 1.31. The quantitative estimate of drug-likeness (QED) is 0.623. The highest BCUT2D eigenvalue weighted by Gasteiger charge is 2.20. The summed E-state index contributed by atoms with van der Waals surface area (Å²) in [5.74, 6) is 0. The Morgan fingerprint density at radius 2 is 2.13 bits per heavy atom. The van der Waals surface area contributed by atoms with Crippen LogP contribution in [0.3, 0.4) is 0 Å². The molecule has 0 bridgehead atoms. The van der Waals surface area contributed by atoms with E-state index in [9.17, 15) is 8.42 Å². The normalized spacial score (nSPS) is 11.1. The molecule has 0 unspecified atom stereocenters. The van der Waals surface area contributed by atoms with E-state index in [0.717, 1.165) is 0 Å². The Bertz CT molecular complexity index is 534. The Morgan fingerprint density at radius 3 is 2.53 bits per heavy atom. The summed E-state index contributed by atoms with van der Waals surface area (Å²) in [5, 5.41) is 9.15. The van der Waals surface area contributed by atoms with Gasteiger partial charge in [-0.05, 0) is 24.1 Å². The van der Waals surface area contributed by atoms with Crippen LogP contribution >= 0.6 is 26.6 Å². The third-order valence-electron chi connectivity index (χ3n) is 2.00. The highest BCUT2D eigenvalue weighted by Crippen LogP contribution is 2.27. The lowest BCUT2D eigenvalue weighted by molar-refractivity contribution is 0.608. The molecule has 0 heterocycles. The standard InChI is InChI=1S/C9H7BrClNO2S/c1-6-8(5-12)3-2-7(4-10)9(6)15(11,13)14/h2-3H,4H2,1H3. The van der Waals surface area contributed by atoms with Crippen molar-refractivity contribution < 1.29 is 8.42 Å². The van der Waals surface area contributed by atoms with Crippen molar-refractivity contribution >= 4 is 35.7 Å². The molecule has 0 aliphatic heterocycles. The predicted molar refractivity (Wildman–Crippen MR) is 61.6 cm³/mol. The highest BCUT2D eigenvalue weighted by atomic mass is 79.9. The van der Waals surface area contributed by atoms with Crippen LogP contribution in [-0.4, -0.2) is 8.42 Å². The van der Waals surface area contributed by atoms with Crippen molar-refractivity contribution in [1.82, 2.24) is 0 Å². The lowest BCUT2D eigenvalue weighted by Gasteiger charge is -2.08. The van der Waals surface area contributed by atoms with Gasteiger partial charge in [-0.25, -0.2) is 8.42 Å². The molecule has 0 aromatic heterocycles. The fraction of sp³-hybridized carbons (Fsp3) is 0.222. The molecule has 0 aliphatic rings. The Labute approximate surface area is 101 Å². The molecule has 0 aliphatic carbocycles. The maximum absolute atomic E-state index is 11.3. The summed E-state index contributed by atoms with van der Waals surface area (Å²) < 4.78 is 22.7. The van der Waals surface area contributed by atoms with E-state index in [2.05, 4.69) is 15.9 Å². The maximum atomic E-state index is 11.3. The molecule has 1 aromatic rings. The summed E-state index contributed by atoms with van der Waals surface area (Å²) in [6, 6.07) is 5.08. The van der Waals surface area contributed by atoms with Crippen molar-refractivity contribution in [2.45, 2.75) is 17.1 Å². The Morgan fingerprint density at radius 1 is 1.53 bits per heavy atom. The van der Waals surface area contributed by atoms with Gasteiger partial charge in [-0.15, -0.1) is 0 Å². The number of halogens is 2. The van der Waals surface area contributed by atoms with Crippen molar-refractivity contribution in [1.29, 1.82) is 5.26 Å². The third-order valence-corrected chi connectivity index (χ3v) is 4.12. The largest absolute Gasteiger partial charge is 0.261 e. The summed E-state index contributed by atoms with van der Waals surface area (Å²) in [4.78, 5) is 0.0279. The average molecular weight is 309 g/mol. The Kier molecular flexibility index (Phi) is 3.77. The summed E-state index contributed by atoms with van der Waals surface area (Å²) in [6.07, 6.45) is 0. The van der Waals surface area contributed by atoms with Gasteiger partial charge in [0.2, 0.25) is 0 Å². The lowest BCUT2D eigenvalue weighted by Crippen LogP contribution is -2.01. The number of alkyl halides is 1. The van der Waals surface area contributed by atoms with Gasteiger partial charge in [-0.2, -0.15) is 5.26 Å². The van der Waals surface area contributed by atoms with Crippen LogP contribution in [0.2, 0.25) is 0 Å². The van der Waals surface area contributed by atoms with Crippen LogP contribution < -0.4 is 0 Å². The highest BCUT2D eigenvalue weighted by molar-refractivity contribution is 9.08. The summed E-state index contributed by atoms with van der Waals surface area (Å²) in [6.45, 7) is 1.57. The second-order valence-electron chi connectivity index (χ2n) is 2.91. The van der Waals surface area contributed by atoms with E-state index < -0.39 is 9.05 Å². The number of hydrogen-bond donors (Lipinski definition) is 0. The fourth-order valence-corrected chi connectivity index (χ4v) is 3.54. The van der Waals surface area contributed by atoms with Crippen LogP contribution in [0.15, 0.2) is 17.0 Å². The molecule has 3 nitrogen and oxygen atoms in total. The third kappa shape index (κ3) is 2.51. The molecule has 0 amide bonds. The number of nitriles is 1. The molecule has 80 valence electrons. The van der Waals surface area contributed by atoms with Gasteiger partial charge in [0, 0.05) is 16.0 Å². The molecule has 0 atom stereocenters. The summed E-state index contributed by atoms with van der Waals surface area (Å²) in [5.41, 5.74) is 1.27. The van der Waals surface area contributed by atoms with E-state index in [-0.39, 0.29) is 4.90 Å². The van der Waals surface area contributed by atoms with Crippen molar-refractivity contribution in [3.63, 3.8) is 0 Å². The van der Waals surface area contributed by atoms with E-state index in [1.165, 1.54) is 0 Å². The van der Waals surface area contributed by atoms with Crippen molar-refractivity contribution in [3.8, 4) is 6.07 Å². The number of rotatable bonds is 2. The van der Waals surface area contributed by atoms with Gasteiger partial charge in [-0.3, -0.25) is 0 Å². The molecular formula is C9H7BrClNO2S. The molecule has 6 heteroatoms. The van der Waals surface area contributed by atoms with Crippen LogP contribution in [-0.2, 0) is 14.4 Å². The van der Waals surface area contributed by atoms with E-state index in [0.29, 0.717) is 22.0 Å². The van der Waals surface area contributed by atoms with Gasteiger partial charge in [-0.1, -0.05) is 22.0 Å². The Balaban J connectivity index is 3.67. The zero-order valence-electron chi connectivity index (χ0n) is 7.79. The van der Waals surface area contributed by atoms with E-state index in [1.807, 2.05) is 6.07 Å². The minimum atomic E-state index is -3.82. The molecule has 0 spiro atoms. The number of nitrogens with zero attached hydrogens (tertiary/aromatic N) is 1. The summed E-state index contributed by atoms with van der Waals surface area (Å²) >= 11 is 3.18. The molecule has 15 heavy (non-hydrogen) atoms. The van der Waals surface area contributed by atoms with Crippen LogP contribution in [0.25, 0.3) is 0 Å². The molecule has 0 fully saturated rings. The minimum absolute atomic E-state index is 0.0279. The second-order valence-corrected chi connectivity index (χ2v) is 5.97. The maximum Gasteiger partial charge on any atom is 0.261 e. The van der Waals surface area contributed by atoms with Crippen molar-refractivity contribution in [3.05, 3.63) is 28.8 Å². The second kappa shape index (κ2) is 4.52. The first-order valence-electron chi connectivity index (χ1n) is 3.95. The van der Waals surface area contributed by atoms with Crippen LogP contribution in [0.4, 0.5) is 0 Å². The van der Waals surface area contributed by atoms with Gasteiger partial charge < -0.3 is 0 Å². The van der Waals surface area contributed by atoms with E-state index >= 15 is 0 Å². The Hall–Kier alpha value is -0.570. The van der Waals surface area contributed by atoms with Gasteiger partial charge in [0.1, 0.15) is 0 Å². The monoisotopic (exact) mass is 307 g/mol. The topological polar surface area (TPSA) is 57.9 Å². The van der Waals surface area contributed by atoms with Crippen LogP contribution in [0, 0.1) is 18.3 Å². The molecule has 0 saturated carbocycles. The van der Waals surface area contributed by atoms with E-state index in [4.69, 9.17) is 15.9 Å². The summed E-state index contributed by atoms with van der Waals surface area (Å²) in [7, 11) is 1.50. The van der Waals surface area contributed by atoms with Crippen molar-refractivity contribution in [2.75, 3.05) is 0 Å². The average Bonchev–Trinajstić information content (AvgIpc) is 2.15. The molecule has 0 N–H and O–H groups in total. The molecule has 0 radical (unpaired) electrons. The first-order chi connectivity index (χ1) is 6.91. The molecular weight excluding hydrogens is 302 g/mol. The molecule has 1 rings (SSSR count). The van der Waals surface area contributed by atoms with Crippen LogP contribution in [0.1, 0.15) is 16.7 Å². The zero-order chi connectivity index (χ0) is 11.6. The van der Waals surface area contributed by atoms with Crippen LogP contribution in [0.5, 0.6) is 0 Å². The smallest absolute Gasteiger partial charge is 0.207 e. The zero-order valence-corrected chi connectivity index (χ0v) is 10.9. The predicted octanol–water partition coefficient (Wildman–Crippen LogP) is 2.69. The lowest BCUT2D eigenvalue weighted by atomic mass is 10.1. The minimum Gasteiger partial charge on any atom is -0.207 e. The van der Waals surface area contributed by atoms with E-state index in [1.54, 1.807) is 19.1 Å². The number of hydrogen-bond acceptors (Lipinski definition) is 3. The van der Waals surface area contributed by atoms with Gasteiger partial charge in [0.15, 0.2) is 0 Å². The SMILES string of the molecule is Cc1c(C#N)ccc(CBr)c1S(=O)(=O)Cl.